The maximum atomic E-state index is 11.1. The van der Waals surface area contributed by atoms with Crippen molar-refractivity contribution < 1.29 is 9.53 Å². The Morgan fingerprint density at radius 1 is 1.64 bits per heavy atom. The van der Waals surface area contributed by atoms with Crippen LogP contribution in [0.15, 0.2) is 0 Å². The summed E-state index contributed by atoms with van der Waals surface area (Å²) >= 11 is 0. The second-order valence-corrected chi connectivity index (χ2v) is 3.10. The van der Waals surface area contributed by atoms with Crippen LogP contribution in [0.2, 0.25) is 0 Å². The van der Waals surface area contributed by atoms with E-state index in [4.69, 9.17) is 0 Å². The Bertz CT molecular complexity index is 147. The van der Waals surface area contributed by atoms with Gasteiger partial charge in [-0.05, 0) is 18.9 Å². The molecule has 0 saturated carbocycles. The lowest BCUT2D eigenvalue weighted by atomic mass is 9.88. The topological polar surface area (TPSA) is 38.3 Å². The van der Waals surface area contributed by atoms with Crippen LogP contribution < -0.4 is 5.32 Å². The predicted molar refractivity (Wildman–Crippen MR) is 42.2 cm³/mol. The van der Waals surface area contributed by atoms with E-state index >= 15 is 0 Å². The summed E-state index contributed by atoms with van der Waals surface area (Å²) in [5.41, 5.74) is 0. The summed E-state index contributed by atoms with van der Waals surface area (Å²) < 4.78 is 4.68. The number of hydrogen-bond acceptors (Lipinski definition) is 3. The average molecular weight is 157 g/mol. The van der Waals surface area contributed by atoms with Crippen LogP contribution in [0.4, 0.5) is 0 Å². The smallest absolute Gasteiger partial charge is 0.310 e. The van der Waals surface area contributed by atoms with Gasteiger partial charge in [0.15, 0.2) is 0 Å². The normalized spacial score (nSPS) is 31.5. The van der Waals surface area contributed by atoms with Crippen molar-refractivity contribution in [1.82, 2.24) is 5.32 Å². The molecule has 0 aromatic carbocycles. The van der Waals surface area contributed by atoms with E-state index in [-0.39, 0.29) is 11.9 Å². The molecule has 1 aliphatic rings. The molecule has 0 aliphatic carbocycles. The van der Waals surface area contributed by atoms with Crippen molar-refractivity contribution in [2.75, 3.05) is 20.2 Å². The van der Waals surface area contributed by atoms with Gasteiger partial charge in [0.25, 0.3) is 0 Å². The number of rotatable bonds is 1. The molecular formula is C8H15NO2. The molecule has 3 nitrogen and oxygen atoms in total. The maximum Gasteiger partial charge on any atom is 0.310 e. The number of piperidine rings is 1. The van der Waals surface area contributed by atoms with Gasteiger partial charge in [-0.15, -0.1) is 0 Å². The summed E-state index contributed by atoms with van der Waals surface area (Å²) in [7, 11) is 1.45. The summed E-state index contributed by atoms with van der Waals surface area (Å²) in [6.45, 7) is 3.89. The quantitative estimate of drug-likeness (QED) is 0.560. The zero-order valence-corrected chi connectivity index (χ0v) is 7.09. The minimum absolute atomic E-state index is 0.0637. The van der Waals surface area contributed by atoms with Crippen molar-refractivity contribution in [2.24, 2.45) is 11.8 Å². The summed E-state index contributed by atoms with van der Waals surface area (Å²) in [6.07, 6.45) is 1.07. The first-order valence-corrected chi connectivity index (χ1v) is 4.04. The second-order valence-electron chi connectivity index (χ2n) is 3.10. The third-order valence-corrected chi connectivity index (χ3v) is 2.33. The van der Waals surface area contributed by atoms with Gasteiger partial charge in [0.1, 0.15) is 0 Å². The molecule has 2 atom stereocenters. The summed E-state index contributed by atoms with van der Waals surface area (Å²) in [4.78, 5) is 11.1. The number of nitrogens with one attached hydrogen (secondary N) is 1. The van der Waals surface area contributed by atoms with Crippen molar-refractivity contribution in [1.29, 1.82) is 0 Å². The first kappa shape index (κ1) is 8.53. The van der Waals surface area contributed by atoms with Gasteiger partial charge in [-0.1, -0.05) is 6.92 Å². The molecule has 0 bridgehead atoms. The first-order chi connectivity index (χ1) is 5.25. The summed E-state index contributed by atoms with van der Waals surface area (Å²) in [5, 5.41) is 3.18. The molecule has 0 aromatic heterocycles. The van der Waals surface area contributed by atoms with Crippen molar-refractivity contribution in [3.05, 3.63) is 0 Å². The van der Waals surface area contributed by atoms with Crippen LogP contribution in [0.5, 0.6) is 0 Å². The van der Waals surface area contributed by atoms with Gasteiger partial charge in [-0.25, -0.2) is 0 Å². The van der Waals surface area contributed by atoms with Crippen LogP contribution in [-0.2, 0) is 9.53 Å². The van der Waals surface area contributed by atoms with Crippen LogP contribution >= 0.6 is 0 Å². The minimum atomic E-state index is -0.0790. The van der Waals surface area contributed by atoms with Crippen molar-refractivity contribution in [3.63, 3.8) is 0 Å². The van der Waals surface area contributed by atoms with Crippen LogP contribution in [-0.4, -0.2) is 26.2 Å². The van der Waals surface area contributed by atoms with Crippen molar-refractivity contribution >= 4 is 5.97 Å². The van der Waals surface area contributed by atoms with E-state index < -0.39 is 0 Å². The fourth-order valence-electron chi connectivity index (χ4n) is 1.46. The molecule has 0 aromatic rings. The number of carbonyl (C=O) groups excluding carboxylic acids is 1. The van der Waals surface area contributed by atoms with E-state index in [1.165, 1.54) is 7.11 Å². The van der Waals surface area contributed by atoms with E-state index in [2.05, 4.69) is 17.0 Å². The van der Waals surface area contributed by atoms with Gasteiger partial charge >= 0.3 is 5.97 Å². The molecule has 1 aliphatic heterocycles. The van der Waals surface area contributed by atoms with E-state index in [9.17, 15) is 4.79 Å². The Morgan fingerprint density at radius 2 is 2.36 bits per heavy atom. The van der Waals surface area contributed by atoms with Gasteiger partial charge in [0, 0.05) is 6.54 Å². The second kappa shape index (κ2) is 3.72. The van der Waals surface area contributed by atoms with Gasteiger partial charge in [-0.2, -0.15) is 0 Å². The molecule has 1 saturated heterocycles. The Morgan fingerprint density at radius 3 is 2.91 bits per heavy atom. The zero-order valence-electron chi connectivity index (χ0n) is 7.09. The van der Waals surface area contributed by atoms with Crippen LogP contribution in [0.25, 0.3) is 0 Å². The molecule has 0 amide bonds. The predicted octanol–water partition coefficient (Wildman–Crippen LogP) is 0.405. The van der Waals surface area contributed by atoms with Crippen molar-refractivity contribution in [2.45, 2.75) is 13.3 Å². The molecule has 1 heterocycles. The standard InChI is InChI=1S/C8H15NO2/c1-6-3-4-9-5-7(6)8(10)11-2/h6-7,9H,3-5H2,1-2H3/t6?,7-/m0/s1. The highest BCUT2D eigenvalue weighted by Crippen LogP contribution is 2.18. The maximum absolute atomic E-state index is 11.1. The summed E-state index contributed by atoms with van der Waals surface area (Å²) in [5.74, 6) is 0.446. The van der Waals surface area contributed by atoms with Gasteiger partial charge < -0.3 is 10.1 Å². The third-order valence-electron chi connectivity index (χ3n) is 2.33. The molecule has 1 N–H and O–H groups in total. The Hall–Kier alpha value is -0.570. The average Bonchev–Trinajstić information content (AvgIpc) is 2.04. The fourth-order valence-corrected chi connectivity index (χ4v) is 1.46. The molecule has 0 spiro atoms. The minimum Gasteiger partial charge on any atom is -0.469 e. The Labute approximate surface area is 67.1 Å². The highest BCUT2D eigenvalue weighted by atomic mass is 16.5. The van der Waals surface area contributed by atoms with Crippen LogP contribution in [0.3, 0.4) is 0 Å². The highest BCUT2D eigenvalue weighted by Gasteiger charge is 2.27. The monoisotopic (exact) mass is 157 g/mol. The number of carbonyl (C=O) groups is 1. The molecule has 11 heavy (non-hydrogen) atoms. The Kier molecular flexibility index (Phi) is 2.88. The van der Waals surface area contributed by atoms with E-state index in [0.717, 1.165) is 19.5 Å². The molecule has 64 valence electrons. The summed E-state index contributed by atoms with van der Waals surface area (Å²) in [6, 6.07) is 0. The number of hydrogen-bond donors (Lipinski definition) is 1. The lowest BCUT2D eigenvalue weighted by Gasteiger charge is -2.26. The van der Waals surface area contributed by atoms with Crippen molar-refractivity contribution in [3.8, 4) is 0 Å². The molecular weight excluding hydrogens is 142 g/mol. The van der Waals surface area contributed by atoms with Gasteiger partial charge in [0.05, 0.1) is 13.0 Å². The lowest BCUT2D eigenvalue weighted by Crippen LogP contribution is -2.40. The van der Waals surface area contributed by atoms with Gasteiger partial charge in [-0.3, -0.25) is 4.79 Å². The zero-order chi connectivity index (χ0) is 8.27. The van der Waals surface area contributed by atoms with E-state index in [0.29, 0.717) is 5.92 Å². The third kappa shape index (κ3) is 1.93. The van der Waals surface area contributed by atoms with Crippen LogP contribution in [0, 0.1) is 11.8 Å². The SMILES string of the molecule is COC(=O)[C@H]1CNCCC1C. The fraction of sp³-hybridized carbons (Fsp3) is 0.875. The van der Waals surface area contributed by atoms with Crippen LogP contribution in [0.1, 0.15) is 13.3 Å². The Balaban J connectivity index is 2.47. The lowest BCUT2D eigenvalue weighted by molar-refractivity contribution is -0.147. The molecule has 1 unspecified atom stereocenters. The number of ether oxygens (including phenoxy) is 1. The largest absolute Gasteiger partial charge is 0.469 e. The molecule has 3 heteroatoms. The van der Waals surface area contributed by atoms with E-state index in [1.54, 1.807) is 0 Å². The molecule has 0 radical (unpaired) electrons. The molecule has 1 fully saturated rings. The van der Waals surface area contributed by atoms with Gasteiger partial charge in [0.2, 0.25) is 0 Å². The number of esters is 1. The first-order valence-electron chi connectivity index (χ1n) is 4.04. The number of methoxy groups -OCH3 is 1. The van der Waals surface area contributed by atoms with E-state index in [1.807, 2.05) is 0 Å². The highest BCUT2D eigenvalue weighted by molar-refractivity contribution is 5.73. The molecule has 1 rings (SSSR count).